The first-order valence-corrected chi connectivity index (χ1v) is 5.78. The molecule has 13 heavy (non-hydrogen) atoms. The van der Waals surface area contributed by atoms with E-state index in [4.69, 9.17) is 0 Å². The minimum atomic E-state index is 0.984. The minimum absolute atomic E-state index is 0.984. The van der Waals surface area contributed by atoms with Crippen LogP contribution in [0.5, 0.6) is 0 Å². The van der Waals surface area contributed by atoms with Gasteiger partial charge in [-0.25, -0.2) is 0 Å². The molecule has 0 aliphatic heterocycles. The summed E-state index contributed by atoms with van der Waals surface area (Å²) < 4.78 is 1.14. The number of nitrogens with zero attached hydrogens (tertiary/aromatic N) is 1. The van der Waals surface area contributed by atoms with Crippen LogP contribution < -0.4 is 0 Å². The van der Waals surface area contributed by atoms with Crippen molar-refractivity contribution in [2.75, 3.05) is 27.7 Å². The maximum absolute atomic E-state index is 2.41. The highest BCUT2D eigenvalue weighted by Crippen LogP contribution is 2.27. The zero-order valence-electron chi connectivity index (χ0n) is 9.84. The smallest absolute Gasteiger partial charge is 0.0809 e. The van der Waals surface area contributed by atoms with E-state index in [1.807, 2.05) is 0 Å². The molecule has 0 amide bonds. The summed E-state index contributed by atoms with van der Waals surface area (Å²) in [7, 11) is 6.94. The second-order valence-corrected chi connectivity index (χ2v) is 5.95. The predicted octanol–water partition coefficient (Wildman–Crippen LogP) is 2.91. The molecule has 0 N–H and O–H groups in total. The van der Waals surface area contributed by atoms with E-state index in [0.29, 0.717) is 0 Å². The van der Waals surface area contributed by atoms with E-state index < -0.39 is 0 Å². The molecule has 0 spiro atoms. The van der Waals surface area contributed by atoms with E-state index in [1.54, 1.807) is 0 Å². The molecule has 1 aliphatic carbocycles. The largest absolute Gasteiger partial charge is 0.331 e. The van der Waals surface area contributed by atoms with E-state index in [1.165, 1.54) is 38.6 Å². The monoisotopic (exact) mass is 184 g/mol. The molecular formula is C12H26N+. The molecule has 1 saturated carbocycles. The predicted molar refractivity (Wildman–Crippen MR) is 58.6 cm³/mol. The number of quaternary nitrogens is 1. The summed E-state index contributed by atoms with van der Waals surface area (Å²) in [5.41, 5.74) is 0. The molecule has 2 atom stereocenters. The number of hydrogen-bond acceptors (Lipinski definition) is 0. The third kappa shape index (κ3) is 4.66. The van der Waals surface area contributed by atoms with Crippen molar-refractivity contribution < 1.29 is 4.48 Å². The lowest BCUT2D eigenvalue weighted by Crippen LogP contribution is -2.39. The SMILES string of the molecule is C[C@@H]1CCC[C@@H](C[N+](C)(C)C)CC1. The fourth-order valence-corrected chi connectivity index (χ4v) is 2.52. The maximum Gasteiger partial charge on any atom is 0.0809 e. The van der Waals surface area contributed by atoms with E-state index in [2.05, 4.69) is 28.1 Å². The second-order valence-electron chi connectivity index (χ2n) is 5.95. The van der Waals surface area contributed by atoms with Crippen molar-refractivity contribution in [3.63, 3.8) is 0 Å². The zero-order valence-corrected chi connectivity index (χ0v) is 9.84. The van der Waals surface area contributed by atoms with Crippen molar-refractivity contribution in [1.29, 1.82) is 0 Å². The van der Waals surface area contributed by atoms with Crippen molar-refractivity contribution in [3.8, 4) is 0 Å². The number of hydrogen-bond donors (Lipinski definition) is 0. The standard InChI is InChI=1S/C12H26N/c1-11-6-5-7-12(9-8-11)10-13(2,3)4/h11-12H,5-10H2,1-4H3/q+1/t11-,12-/m1/s1. The average Bonchev–Trinajstić information content (AvgIpc) is 2.12. The molecule has 0 aromatic carbocycles. The molecule has 1 nitrogen and oxygen atoms in total. The van der Waals surface area contributed by atoms with Gasteiger partial charge in [0.2, 0.25) is 0 Å². The molecule has 1 aliphatic rings. The first kappa shape index (κ1) is 11.0. The van der Waals surface area contributed by atoms with E-state index in [9.17, 15) is 0 Å². The Kier molecular flexibility index (Phi) is 3.78. The summed E-state index contributed by atoms with van der Waals surface area (Å²) in [6.07, 6.45) is 7.33. The summed E-state index contributed by atoms with van der Waals surface area (Å²) in [4.78, 5) is 0. The fraction of sp³-hybridized carbons (Fsp3) is 1.00. The van der Waals surface area contributed by atoms with Crippen LogP contribution in [0.15, 0.2) is 0 Å². The van der Waals surface area contributed by atoms with Gasteiger partial charge in [-0.3, -0.25) is 0 Å². The molecule has 0 aromatic rings. The van der Waals surface area contributed by atoms with Crippen molar-refractivity contribution in [2.24, 2.45) is 11.8 Å². The zero-order chi connectivity index (χ0) is 9.90. The maximum atomic E-state index is 2.41. The number of rotatable bonds is 2. The molecular weight excluding hydrogens is 158 g/mol. The Morgan fingerprint density at radius 1 is 1.00 bits per heavy atom. The minimum Gasteiger partial charge on any atom is -0.331 e. The normalized spacial score (nSPS) is 31.4. The van der Waals surface area contributed by atoms with Gasteiger partial charge < -0.3 is 4.48 Å². The first-order chi connectivity index (χ1) is 5.97. The summed E-state index contributed by atoms with van der Waals surface area (Å²) in [5.74, 6) is 1.97. The molecule has 1 fully saturated rings. The molecule has 0 heterocycles. The summed E-state index contributed by atoms with van der Waals surface area (Å²) in [6.45, 7) is 3.78. The third-order valence-corrected chi connectivity index (χ3v) is 3.18. The lowest BCUT2D eigenvalue weighted by atomic mass is 9.98. The van der Waals surface area contributed by atoms with E-state index in [-0.39, 0.29) is 0 Å². The Hall–Kier alpha value is -0.0400. The van der Waals surface area contributed by atoms with Crippen LogP contribution in [-0.2, 0) is 0 Å². The average molecular weight is 184 g/mol. The van der Waals surface area contributed by atoms with Crippen LogP contribution in [0, 0.1) is 11.8 Å². The van der Waals surface area contributed by atoms with Gasteiger partial charge in [-0.05, 0) is 18.8 Å². The van der Waals surface area contributed by atoms with Crippen molar-refractivity contribution >= 4 is 0 Å². The molecule has 0 unspecified atom stereocenters. The Balaban J connectivity index is 2.34. The topological polar surface area (TPSA) is 0 Å². The highest BCUT2D eigenvalue weighted by molar-refractivity contribution is 4.67. The molecule has 78 valence electrons. The van der Waals surface area contributed by atoms with Crippen molar-refractivity contribution in [1.82, 2.24) is 0 Å². The van der Waals surface area contributed by atoms with Gasteiger partial charge in [-0.1, -0.05) is 26.2 Å². The Bertz CT molecular complexity index is 146. The second kappa shape index (κ2) is 4.45. The van der Waals surface area contributed by atoms with Crippen LogP contribution in [0.25, 0.3) is 0 Å². The van der Waals surface area contributed by atoms with Crippen molar-refractivity contribution in [3.05, 3.63) is 0 Å². The first-order valence-electron chi connectivity index (χ1n) is 5.78. The van der Waals surface area contributed by atoms with Gasteiger partial charge in [0, 0.05) is 5.92 Å². The van der Waals surface area contributed by atoms with E-state index in [0.717, 1.165) is 16.3 Å². The Morgan fingerprint density at radius 3 is 2.31 bits per heavy atom. The van der Waals surface area contributed by atoms with Gasteiger partial charge in [0.25, 0.3) is 0 Å². The fourth-order valence-electron chi connectivity index (χ4n) is 2.52. The molecule has 0 bridgehead atoms. The summed E-state index contributed by atoms with van der Waals surface area (Å²) in [5, 5.41) is 0. The highest BCUT2D eigenvalue weighted by atomic mass is 15.3. The van der Waals surface area contributed by atoms with Crippen LogP contribution in [0.2, 0.25) is 0 Å². The summed E-state index contributed by atoms with van der Waals surface area (Å²) >= 11 is 0. The van der Waals surface area contributed by atoms with Crippen molar-refractivity contribution in [2.45, 2.75) is 39.0 Å². The molecule has 1 rings (SSSR count). The summed E-state index contributed by atoms with van der Waals surface area (Å²) in [6, 6.07) is 0. The highest BCUT2D eigenvalue weighted by Gasteiger charge is 2.21. The van der Waals surface area contributed by atoms with Gasteiger partial charge in [-0.2, -0.15) is 0 Å². The third-order valence-electron chi connectivity index (χ3n) is 3.18. The Morgan fingerprint density at radius 2 is 1.69 bits per heavy atom. The lowest BCUT2D eigenvalue weighted by Gasteiger charge is -2.28. The van der Waals surface area contributed by atoms with Gasteiger partial charge in [-0.15, -0.1) is 0 Å². The van der Waals surface area contributed by atoms with Gasteiger partial charge in [0.1, 0.15) is 0 Å². The lowest BCUT2D eigenvalue weighted by molar-refractivity contribution is -0.874. The van der Waals surface area contributed by atoms with Crippen LogP contribution in [0.3, 0.4) is 0 Å². The molecule has 0 aromatic heterocycles. The van der Waals surface area contributed by atoms with Gasteiger partial charge in [0.05, 0.1) is 27.7 Å². The molecule has 0 radical (unpaired) electrons. The van der Waals surface area contributed by atoms with E-state index >= 15 is 0 Å². The van der Waals surface area contributed by atoms with Crippen LogP contribution in [0.4, 0.5) is 0 Å². The van der Waals surface area contributed by atoms with Gasteiger partial charge >= 0.3 is 0 Å². The molecule has 1 heteroatoms. The van der Waals surface area contributed by atoms with Crippen LogP contribution in [-0.4, -0.2) is 32.2 Å². The van der Waals surface area contributed by atoms with Gasteiger partial charge in [0.15, 0.2) is 0 Å². The Labute approximate surface area is 83.7 Å². The van der Waals surface area contributed by atoms with Crippen LogP contribution >= 0.6 is 0 Å². The van der Waals surface area contributed by atoms with Crippen LogP contribution in [0.1, 0.15) is 39.0 Å². The molecule has 0 saturated heterocycles. The quantitative estimate of drug-likeness (QED) is 0.457.